The Morgan fingerprint density at radius 1 is 1.09 bits per heavy atom. The van der Waals surface area contributed by atoms with Gasteiger partial charge in [-0.3, -0.25) is 19.7 Å². The second-order valence-corrected chi connectivity index (χ2v) is 9.44. The molecule has 0 radical (unpaired) electrons. The highest BCUT2D eigenvalue weighted by Gasteiger charge is 2.25. The second kappa shape index (κ2) is 12.5. The second-order valence-electron chi connectivity index (χ2n) is 8.16. The third-order valence-corrected chi connectivity index (χ3v) is 6.63. The predicted octanol–water partition coefficient (Wildman–Crippen LogP) is 6.49. The molecule has 3 rings (SSSR count). The Morgan fingerprint density at radius 3 is 2.46 bits per heavy atom. The molecule has 2 amide bonds. The topological polar surface area (TPSA) is 73.3 Å². The maximum absolute atomic E-state index is 13.9. The molecule has 5 nitrogen and oxygen atoms in total. The first-order valence-electron chi connectivity index (χ1n) is 11.2. The van der Waals surface area contributed by atoms with Crippen molar-refractivity contribution in [3.8, 4) is 0 Å². The van der Waals surface area contributed by atoms with Crippen LogP contribution in [0.5, 0.6) is 0 Å². The molecule has 3 aromatic carbocycles. The minimum atomic E-state index is -0.470. The molecule has 0 saturated carbocycles. The van der Waals surface area contributed by atoms with Crippen LogP contribution in [0.3, 0.4) is 0 Å². The third-order valence-electron chi connectivity index (χ3n) is 5.52. The van der Waals surface area contributed by atoms with Gasteiger partial charge in [-0.15, -0.1) is 0 Å². The van der Waals surface area contributed by atoms with Crippen LogP contribution in [0.2, 0.25) is 5.02 Å². The van der Waals surface area contributed by atoms with E-state index in [1.54, 1.807) is 48.5 Å². The maximum atomic E-state index is 13.9. The lowest BCUT2D eigenvalue weighted by Gasteiger charge is -2.26. The molecule has 2 N–H and O–H groups in total. The number of amides is 2. The van der Waals surface area contributed by atoms with Crippen molar-refractivity contribution < 1.29 is 14.0 Å². The number of hydrogen-bond donors (Lipinski definition) is 2. The summed E-state index contributed by atoms with van der Waals surface area (Å²) in [5.41, 5.74) is 1.70. The van der Waals surface area contributed by atoms with Gasteiger partial charge in [0.25, 0.3) is 0 Å². The van der Waals surface area contributed by atoms with Crippen LogP contribution >= 0.6 is 23.5 Å². The summed E-state index contributed by atoms with van der Waals surface area (Å²) in [7, 11) is 0. The molecule has 0 fully saturated rings. The fourth-order valence-corrected chi connectivity index (χ4v) is 4.15. The first-order chi connectivity index (χ1) is 16.8. The molecule has 0 aromatic heterocycles. The molecule has 1 unspecified atom stereocenters. The van der Waals surface area contributed by atoms with Crippen molar-refractivity contribution >= 4 is 46.8 Å². The first-order valence-corrected chi connectivity index (χ1v) is 12.4. The largest absolute Gasteiger partial charge is 0.302 e. The van der Waals surface area contributed by atoms with Crippen molar-refractivity contribution in [3.63, 3.8) is 0 Å². The zero-order chi connectivity index (χ0) is 25.4. The van der Waals surface area contributed by atoms with Crippen LogP contribution in [-0.2, 0) is 9.59 Å². The van der Waals surface area contributed by atoms with Crippen molar-refractivity contribution in [1.29, 1.82) is 5.41 Å². The van der Waals surface area contributed by atoms with Crippen LogP contribution in [0.1, 0.15) is 37.8 Å². The van der Waals surface area contributed by atoms with Crippen LogP contribution in [0.25, 0.3) is 0 Å². The smallest absolute Gasteiger partial charge is 0.250 e. The standard InChI is InChI=1S/C27H27ClFN3O2S/c1-3-18(2)15-26(34)32(17-25(33)31-35-24-12-8-7-11-22(24)29)23-14-13-20(28)16-21(23)27(30)19-9-5-4-6-10-19/h4-14,16,18,30H,3,15,17H2,1-2H3,(H,31,33). The zero-order valence-corrected chi connectivity index (χ0v) is 21.1. The molecule has 0 saturated heterocycles. The van der Waals surface area contributed by atoms with Crippen LogP contribution in [0.4, 0.5) is 10.1 Å². The summed E-state index contributed by atoms with van der Waals surface area (Å²) in [6.45, 7) is 3.69. The van der Waals surface area contributed by atoms with Gasteiger partial charge in [0.15, 0.2) is 0 Å². The molecule has 0 aliphatic carbocycles. The summed E-state index contributed by atoms with van der Waals surface area (Å²) < 4.78 is 16.6. The van der Waals surface area contributed by atoms with E-state index in [9.17, 15) is 14.0 Å². The summed E-state index contributed by atoms with van der Waals surface area (Å²) >= 11 is 7.12. The molecule has 0 aliphatic heterocycles. The fourth-order valence-electron chi connectivity index (χ4n) is 3.38. The number of benzene rings is 3. The number of nitrogens with zero attached hydrogens (tertiary/aromatic N) is 1. The summed E-state index contributed by atoms with van der Waals surface area (Å²) in [5.74, 6) is -1.04. The normalized spacial score (nSPS) is 11.5. The van der Waals surface area contributed by atoms with E-state index in [4.69, 9.17) is 17.0 Å². The number of halogens is 2. The highest BCUT2D eigenvalue weighted by molar-refractivity contribution is 7.98. The highest BCUT2D eigenvalue weighted by Crippen LogP contribution is 2.28. The van der Waals surface area contributed by atoms with E-state index in [-0.39, 0.29) is 35.4 Å². The van der Waals surface area contributed by atoms with Gasteiger partial charge in [0, 0.05) is 22.6 Å². The number of nitrogens with one attached hydrogen (secondary N) is 2. The van der Waals surface area contributed by atoms with Crippen molar-refractivity contribution in [2.45, 2.75) is 31.6 Å². The third kappa shape index (κ3) is 7.16. The Kier molecular flexibility index (Phi) is 9.46. The van der Waals surface area contributed by atoms with E-state index < -0.39 is 11.7 Å². The van der Waals surface area contributed by atoms with Crippen molar-refractivity contribution in [2.24, 2.45) is 5.92 Å². The lowest BCUT2D eigenvalue weighted by Crippen LogP contribution is -2.40. The number of hydrogen-bond acceptors (Lipinski definition) is 4. The van der Waals surface area contributed by atoms with Gasteiger partial charge < -0.3 is 4.90 Å². The number of anilines is 1. The van der Waals surface area contributed by atoms with E-state index in [2.05, 4.69) is 4.72 Å². The molecule has 8 heteroatoms. The molecule has 0 heterocycles. The average molecular weight is 512 g/mol. The Balaban J connectivity index is 1.92. The van der Waals surface area contributed by atoms with Gasteiger partial charge >= 0.3 is 0 Å². The van der Waals surface area contributed by atoms with Gasteiger partial charge in [0.05, 0.1) is 16.3 Å². The Bertz CT molecular complexity index is 1210. The minimum Gasteiger partial charge on any atom is -0.302 e. The lowest BCUT2D eigenvalue weighted by molar-refractivity contribution is -0.123. The molecular formula is C27H27ClFN3O2S. The highest BCUT2D eigenvalue weighted by atomic mass is 35.5. The molecule has 0 bridgehead atoms. The summed E-state index contributed by atoms with van der Waals surface area (Å²) in [4.78, 5) is 27.9. The van der Waals surface area contributed by atoms with E-state index in [1.807, 2.05) is 32.0 Å². The van der Waals surface area contributed by atoms with E-state index >= 15 is 0 Å². The Hall–Kier alpha value is -3.16. The van der Waals surface area contributed by atoms with Gasteiger partial charge in [-0.2, -0.15) is 0 Å². The summed E-state index contributed by atoms with van der Waals surface area (Å²) in [6, 6.07) is 20.1. The molecule has 35 heavy (non-hydrogen) atoms. The van der Waals surface area contributed by atoms with E-state index in [0.29, 0.717) is 21.8 Å². The minimum absolute atomic E-state index is 0.116. The van der Waals surface area contributed by atoms with Crippen molar-refractivity contribution in [2.75, 3.05) is 11.4 Å². The summed E-state index contributed by atoms with van der Waals surface area (Å²) in [6.07, 6.45) is 1.05. The Labute approximate surface area is 214 Å². The van der Waals surface area contributed by atoms with Gasteiger partial charge in [-0.1, -0.05) is 74.3 Å². The van der Waals surface area contributed by atoms with Crippen LogP contribution in [-0.4, -0.2) is 24.1 Å². The molecule has 182 valence electrons. The summed E-state index contributed by atoms with van der Waals surface area (Å²) in [5, 5.41) is 9.19. The zero-order valence-electron chi connectivity index (χ0n) is 19.6. The predicted molar refractivity (Wildman–Crippen MR) is 141 cm³/mol. The van der Waals surface area contributed by atoms with Gasteiger partial charge in [-0.05, 0) is 48.2 Å². The Morgan fingerprint density at radius 2 is 1.77 bits per heavy atom. The van der Waals surface area contributed by atoms with Gasteiger partial charge in [0.1, 0.15) is 12.4 Å². The van der Waals surface area contributed by atoms with E-state index in [1.165, 1.54) is 11.0 Å². The van der Waals surface area contributed by atoms with E-state index in [0.717, 1.165) is 18.4 Å². The molecular weight excluding hydrogens is 485 g/mol. The quantitative estimate of drug-likeness (QED) is 0.241. The lowest BCUT2D eigenvalue weighted by atomic mass is 9.99. The average Bonchev–Trinajstić information content (AvgIpc) is 2.86. The van der Waals surface area contributed by atoms with Crippen molar-refractivity contribution in [1.82, 2.24) is 4.72 Å². The first kappa shape index (κ1) is 26.4. The number of carbonyl (C=O) groups is 2. The van der Waals surface area contributed by atoms with Crippen molar-refractivity contribution in [3.05, 3.63) is 94.8 Å². The maximum Gasteiger partial charge on any atom is 0.250 e. The van der Waals surface area contributed by atoms with Crippen LogP contribution < -0.4 is 9.62 Å². The fraction of sp³-hybridized carbons (Fsp3) is 0.222. The molecule has 0 aliphatic rings. The molecule has 3 aromatic rings. The molecule has 0 spiro atoms. The van der Waals surface area contributed by atoms with Gasteiger partial charge in [-0.25, -0.2) is 4.39 Å². The van der Waals surface area contributed by atoms with Gasteiger partial charge in [0.2, 0.25) is 11.8 Å². The SMILES string of the molecule is CCC(C)CC(=O)N(CC(=O)NSc1ccccc1F)c1ccc(Cl)cc1C(=N)c1ccccc1. The monoisotopic (exact) mass is 511 g/mol. The van der Waals surface area contributed by atoms with Crippen LogP contribution in [0, 0.1) is 17.1 Å². The number of carbonyl (C=O) groups excluding carboxylic acids is 2. The number of rotatable bonds is 10. The molecule has 1 atom stereocenters. The van der Waals surface area contributed by atoms with Crippen LogP contribution in [0.15, 0.2) is 77.7 Å².